The molecule has 0 aliphatic heterocycles. The van der Waals surface area contributed by atoms with Crippen LogP contribution in [0.3, 0.4) is 0 Å². The number of pyridine rings is 1. The molecule has 0 spiro atoms. The fraction of sp³-hybridized carbons (Fsp3) is 0.182. The van der Waals surface area contributed by atoms with Crippen molar-refractivity contribution >= 4 is 16.7 Å². The summed E-state index contributed by atoms with van der Waals surface area (Å²) >= 11 is 0. The van der Waals surface area contributed by atoms with Crippen molar-refractivity contribution in [2.45, 2.75) is 24.5 Å². The summed E-state index contributed by atoms with van der Waals surface area (Å²) in [4.78, 5) is 28.9. The summed E-state index contributed by atoms with van der Waals surface area (Å²) < 4.78 is 50.6. The second-order valence-corrected chi connectivity index (χ2v) is 8.27. The number of aromatic amines is 1. The van der Waals surface area contributed by atoms with E-state index in [-0.39, 0.29) is 23.2 Å². The highest BCUT2D eigenvalue weighted by atomic mass is 32.2. The van der Waals surface area contributed by atoms with Gasteiger partial charge in [-0.25, -0.2) is 0 Å². The molecule has 0 aliphatic rings. The fourth-order valence-corrected chi connectivity index (χ4v) is 3.59. The van der Waals surface area contributed by atoms with Crippen molar-refractivity contribution in [3.05, 3.63) is 87.3 Å². The van der Waals surface area contributed by atoms with Crippen LogP contribution in [-0.2, 0) is 23.5 Å². The lowest BCUT2D eigenvalue weighted by Crippen LogP contribution is -2.29. The Morgan fingerprint density at radius 3 is 2.42 bits per heavy atom. The van der Waals surface area contributed by atoms with Gasteiger partial charge in [0.05, 0.1) is 5.56 Å². The van der Waals surface area contributed by atoms with E-state index in [0.717, 1.165) is 17.7 Å². The molecule has 0 aliphatic carbocycles. The normalized spacial score (nSPS) is 12.4. The zero-order valence-electron chi connectivity index (χ0n) is 16.7. The standard InChI is InChI=1S/C22H19F3N2O3S/c1-13-19(15-4-3-5-16(10-15)22(23,24)25)20(28)18(12-26-13)21(29)27-11-14-6-8-17(9-7-14)31(2)30/h3-10,12H,11H2,1-2H3,(H,26,28)(H,27,29). The van der Waals surface area contributed by atoms with Crippen LogP contribution in [-0.4, -0.2) is 21.4 Å². The highest BCUT2D eigenvalue weighted by Gasteiger charge is 2.31. The van der Waals surface area contributed by atoms with Crippen molar-refractivity contribution < 1.29 is 22.2 Å². The van der Waals surface area contributed by atoms with Gasteiger partial charge < -0.3 is 10.3 Å². The van der Waals surface area contributed by atoms with Crippen molar-refractivity contribution in [2.75, 3.05) is 6.26 Å². The minimum absolute atomic E-state index is 0.00790. The highest BCUT2D eigenvalue weighted by Crippen LogP contribution is 2.32. The minimum atomic E-state index is -4.55. The van der Waals surface area contributed by atoms with Gasteiger partial charge in [-0.1, -0.05) is 24.3 Å². The Labute approximate surface area is 178 Å². The molecule has 0 bridgehead atoms. The quantitative estimate of drug-likeness (QED) is 0.619. The zero-order chi connectivity index (χ0) is 22.8. The Bertz CT molecular complexity index is 1200. The van der Waals surface area contributed by atoms with E-state index in [1.54, 1.807) is 37.4 Å². The van der Waals surface area contributed by atoms with Gasteiger partial charge in [0.15, 0.2) is 0 Å². The summed E-state index contributed by atoms with van der Waals surface area (Å²) in [6.07, 6.45) is -1.75. The first-order valence-electron chi connectivity index (χ1n) is 9.18. The van der Waals surface area contributed by atoms with Crippen LogP contribution in [0.1, 0.15) is 27.2 Å². The van der Waals surface area contributed by atoms with Gasteiger partial charge >= 0.3 is 6.18 Å². The summed E-state index contributed by atoms with van der Waals surface area (Å²) in [7, 11) is -1.12. The SMILES string of the molecule is Cc1[nH]cc(C(=O)NCc2ccc(S(C)=O)cc2)c(=O)c1-c1cccc(C(F)(F)F)c1. The maximum absolute atomic E-state index is 13.1. The molecule has 0 radical (unpaired) electrons. The number of carbonyl (C=O) groups excluding carboxylic acids is 1. The predicted octanol–water partition coefficient (Wildman–Crippen LogP) is 4.04. The average Bonchev–Trinajstić information content (AvgIpc) is 2.72. The van der Waals surface area contributed by atoms with E-state index in [4.69, 9.17) is 0 Å². The molecule has 1 unspecified atom stereocenters. The fourth-order valence-electron chi connectivity index (χ4n) is 3.07. The third-order valence-electron chi connectivity index (χ3n) is 4.71. The molecule has 162 valence electrons. The van der Waals surface area contributed by atoms with E-state index in [2.05, 4.69) is 10.3 Å². The van der Waals surface area contributed by atoms with Gasteiger partial charge in [-0.05, 0) is 42.3 Å². The molecule has 2 aromatic carbocycles. The zero-order valence-corrected chi connectivity index (χ0v) is 17.5. The third-order valence-corrected chi connectivity index (χ3v) is 5.65. The Hall–Kier alpha value is -3.20. The number of aryl methyl sites for hydroxylation is 1. The Morgan fingerprint density at radius 1 is 1.13 bits per heavy atom. The van der Waals surface area contributed by atoms with E-state index >= 15 is 0 Å². The molecule has 0 fully saturated rings. The number of rotatable bonds is 5. The Balaban J connectivity index is 1.87. The van der Waals surface area contributed by atoms with Gasteiger partial charge in [0.2, 0.25) is 5.43 Å². The van der Waals surface area contributed by atoms with E-state index in [0.29, 0.717) is 10.6 Å². The first-order chi connectivity index (χ1) is 14.6. The van der Waals surface area contributed by atoms with Crippen LogP contribution in [0.5, 0.6) is 0 Å². The number of alkyl halides is 3. The molecule has 5 nitrogen and oxygen atoms in total. The third kappa shape index (κ3) is 5.11. The van der Waals surface area contributed by atoms with Gasteiger partial charge in [0.25, 0.3) is 5.91 Å². The molecular formula is C22H19F3N2O3S. The van der Waals surface area contributed by atoms with Gasteiger partial charge in [-0.15, -0.1) is 0 Å². The number of carbonyl (C=O) groups is 1. The number of halogens is 3. The topological polar surface area (TPSA) is 79.0 Å². The number of benzene rings is 2. The van der Waals surface area contributed by atoms with Crippen LogP contribution in [0.2, 0.25) is 0 Å². The number of hydrogen-bond acceptors (Lipinski definition) is 3. The second kappa shape index (κ2) is 8.89. The molecule has 1 atom stereocenters. The van der Waals surface area contributed by atoms with Crippen molar-refractivity contribution in [1.29, 1.82) is 0 Å². The number of H-pyrrole nitrogens is 1. The smallest absolute Gasteiger partial charge is 0.364 e. The Kier molecular flexibility index (Phi) is 6.45. The van der Waals surface area contributed by atoms with Crippen LogP contribution < -0.4 is 10.7 Å². The van der Waals surface area contributed by atoms with Crippen molar-refractivity contribution in [1.82, 2.24) is 10.3 Å². The maximum Gasteiger partial charge on any atom is 0.416 e. The molecule has 3 rings (SSSR count). The average molecular weight is 448 g/mol. The monoisotopic (exact) mass is 448 g/mol. The molecule has 0 saturated heterocycles. The van der Waals surface area contributed by atoms with E-state index < -0.39 is 33.9 Å². The number of hydrogen-bond donors (Lipinski definition) is 2. The summed E-state index contributed by atoms with van der Waals surface area (Å²) in [5, 5.41) is 2.62. The van der Waals surface area contributed by atoms with Crippen molar-refractivity contribution in [3.63, 3.8) is 0 Å². The molecule has 9 heteroatoms. The molecule has 2 N–H and O–H groups in total. The first-order valence-corrected chi connectivity index (χ1v) is 10.7. The van der Waals surface area contributed by atoms with Crippen LogP contribution in [0.25, 0.3) is 11.1 Å². The second-order valence-electron chi connectivity index (χ2n) is 6.89. The van der Waals surface area contributed by atoms with Crippen molar-refractivity contribution in [3.8, 4) is 11.1 Å². The van der Waals surface area contributed by atoms with Crippen LogP contribution >= 0.6 is 0 Å². The number of amides is 1. The molecule has 1 amide bonds. The summed E-state index contributed by atoms with van der Waals surface area (Å²) in [5.41, 5.74) is -0.572. The van der Waals surface area contributed by atoms with Gasteiger partial charge in [0.1, 0.15) is 5.56 Å². The summed E-state index contributed by atoms with van der Waals surface area (Å²) in [6.45, 7) is 1.68. The van der Waals surface area contributed by atoms with Crippen LogP contribution in [0, 0.1) is 6.92 Å². The molecule has 3 aromatic rings. The van der Waals surface area contributed by atoms with Gasteiger partial charge in [0, 0.05) is 45.9 Å². The molecule has 1 heterocycles. The number of nitrogens with one attached hydrogen (secondary N) is 2. The summed E-state index contributed by atoms with van der Waals surface area (Å²) in [5.74, 6) is -0.655. The molecule has 0 saturated carbocycles. The first kappa shape index (κ1) is 22.5. The number of aromatic nitrogens is 1. The largest absolute Gasteiger partial charge is 0.416 e. The van der Waals surface area contributed by atoms with Gasteiger partial charge in [-0.2, -0.15) is 13.2 Å². The van der Waals surface area contributed by atoms with E-state index in [1.165, 1.54) is 18.3 Å². The lowest BCUT2D eigenvalue weighted by atomic mass is 9.99. The highest BCUT2D eigenvalue weighted by molar-refractivity contribution is 7.84. The predicted molar refractivity (Wildman–Crippen MR) is 112 cm³/mol. The van der Waals surface area contributed by atoms with Crippen LogP contribution in [0.4, 0.5) is 13.2 Å². The van der Waals surface area contributed by atoms with Crippen molar-refractivity contribution in [2.24, 2.45) is 0 Å². The minimum Gasteiger partial charge on any atom is -0.364 e. The van der Waals surface area contributed by atoms with E-state index in [1.807, 2.05) is 0 Å². The molecule has 1 aromatic heterocycles. The molecular weight excluding hydrogens is 429 g/mol. The van der Waals surface area contributed by atoms with E-state index in [9.17, 15) is 27.0 Å². The Morgan fingerprint density at radius 2 is 1.81 bits per heavy atom. The van der Waals surface area contributed by atoms with Gasteiger partial charge in [-0.3, -0.25) is 13.8 Å². The molecule has 31 heavy (non-hydrogen) atoms. The maximum atomic E-state index is 13.1. The van der Waals surface area contributed by atoms with Crippen LogP contribution in [0.15, 0.2) is 64.4 Å². The summed E-state index contributed by atoms with van der Waals surface area (Å²) in [6, 6.07) is 11.2. The lowest BCUT2D eigenvalue weighted by molar-refractivity contribution is -0.137. The lowest BCUT2D eigenvalue weighted by Gasteiger charge is -2.12.